The lowest BCUT2D eigenvalue weighted by atomic mass is 10.2. The quantitative estimate of drug-likeness (QED) is 0.511. The van der Waals surface area contributed by atoms with Crippen LogP contribution in [0.4, 0.5) is 0 Å². The van der Waals surface area contributed by atoms with Gasteiger partial charge in [0.25, 0.3) is 5.91 Å². The number of unbranched alkanes of at least 4 members (excludes halogenated alkanes) is 4. The van der Waals surface area contributed by atoms with Gasteiger partial charge in [0.1, 0.15) is 5.75 Å². The second kappa shape index (κ2) is 11.5. The van der Waals surface area contributed by atoms with Crippen LogP contribution in [-0.4, -0.2) is 18.4 Å². The molecule has 0 spiro atoms. The minimum absolute atomic E-state index is 0.191. The highest BCUT2D eigenvalue weighted by atomic mass is 16.5. The first kappa shape index (κ1) is 19.0. The predicted octanol–water partition coefficient (Wildman–Crippen LogP) is 3.60. The Labute approximate surface area is 138 Å². The Morgan fingerprint density at radius 2 is 1.61 bits per heavy atom. The Kier molecular flexibility index (Phi) is 9.52. The summed E-state index contributed by atoms with van der Waals surface area (Å²) in [6.07, 6.45) is 7.14. The van der Waals surface area contributed by atoms with Crippen LogP contribution in [0.25, 0.3) is 0 Å². The standard InChI is InChI=1S/C18H28N2O3/c1-3-5-6-7-8-14-23-16-12-10-15(11-13-16)18(22)20-19-17(21)9-4-2/h10-13H,3-9,14H2,1-2H3,(H,19,21)(H,20,22). The average Bonchev–Trinajstić information content (AvgIpc) is 2.56. The molecule has 0 radical (unpaired) electrons. The Morgan fingerprint density at radius 1 is 0.913 bits per heavy atom. The molecule has 0 aliphatic heterocycles. The highest BCUT2D eigenvalue weighted by Crippen LogP contribution is 2.13. The fourth-order valence-electron chi connectivity index (χ4n) is 2.09. The third-order valence-corrected chi connectivity index (χ3v) is 3.43. The van der Waals surface area contributed by atoms with Crippen molar-refractivity contribution in [1.29, 1.82) is 0 Å². The van der Waals surface area contributed by atoms with Crippen molar-refractivity contribution in [3.63, 3.8) is 0 Å². The fourth-order valence-corrected chi connectivity index (χ4v) is 2.09. The van der Waals surface area contributed by atoms with Gasteiger partial charge in [0, 0.05) is 12.0 Å². The first-order chi connectivity index (χ1) is 11.2. The molecule has 0 fully saturated rings. The van der Waals surface area contributed by atoms with Crippen LogP contribution in [-0.2, 0) is 4.79 Å². The van der Waals surface area contributed by atoms with Gasteiger partial charge < -0.3 is 4.74 Å². The van der Waals surface area contributed by atoms with E-state index < -0.39 is 0 Å². The largest absolute Gasteiger partial charge is 0.494 e. The molecule has 0 saturated heterocycles. The van der Waals surface area contributed by atoms with Crippen molar-refractivity contribution in [3.05, 3.63) is 29.8 Å². The molecule has 5 heteroatoms. The predicted molar refractivity (Wildman–Crippen MR) is 91.2 cm³/mol. The number of carbonyl (C=O) groups excluding carboxylic acids is 2. The van der Waals surface area contributed by atoms with Gasteiger partial charge in [0.15, 0.2) is 0 Å². The summed E-state index contributed by atoms with van der Waals surface area (Å²) in [7, 11) is 0. The highest BCUT2D eigenvalue weighted by molar-refractivity contribution is 5.95. The molecular weight excluding hydrogens is 292 g/mol. The van der Waals surface area contributed by atoms with E-state index in [1.165, 1.54) is 25.7 Å². The van der Waals surface area contributed by atoms with Crippen molar-refractivity contribution in [1.82, 2.24) is 10.9 Å². The molecule has 1 aromatic carbocycles. The minimum atomic E-state index is -0.333. The van der Waals surface area contributed by atoms with Gasteiger partial charge in [-0.1, -0.05) is 39.5 Å². The van der Waals surface area contributed by atoms with Gasteiger partial charge in [-0.05, 0) is 37.1 Å². The van der Waals surface area contributed by atoms with Gasteiger partial charge in [-0.25, -0.2) is 0 Å². The molecule has 0 unspecified atom stereocenters. The van der Waals surface area contributed by atoms with E-state index >= 15 is 0 Å². The molecule has 1 rings (SSSR count). The number of hydrazine groups is 1. The zero-order valence-electron chi connectivity index (χ0n) is 14.2. The van der Waals surface area contributed by atoms with Gasteiger partial charge in [-0.15, -0.1) is 0 Å². The van der Waals surface area contributed by atoms with E-state index in [1.54, 1.807) is 24.3 Å². The van der Waals surface area contributed by atoms with E-state index in [0.717, 1.165) is 18.6 Å². The SMILES string of the molecule is CCCCCCCOc1ccc(C(=O)NNC(=O)CCC)cc1. The van der Waals surface area contributed by atoms with E-state index in [2.05, 4.69) is 17.8 Å². The van der Waals surface area contributed by atoms with Crippen LogP contribution in [0.2, 0.25) is 0 Å². The molecule has 2 amide bonds. The summed E-state index contributed by atoms with van der Waals surface area (Å²) in [5.41, 5.74) is 5.26. The number of amides is 2. The Balaban J connectivity index is 2.29. The van der Waals surface area contributed by atoms with E-state index in [9.17, 15) is 9.59 Å². The second-order valence-corrected chi connectivity index (χ2v) is 5.54. The minimum Gasteiger partial charge on any atom is -0.494 e. The monoisotopic (exact) mass is 320 g/mol. The maximum atomic E-state index is 11.9. The van der Waals surface area contributed by atoms with Gasteiger partial charge in [0.2, 0.25) is 5.91 Å². The van der Waals surface area contributed by atoms with Gasteiger partial charge >= 0.3 is 0 Å². The van der Waals surface area contributed by atoms with E-state index in [-0.39, 0.29) is 11.8 Å². The van der Waals surface area contributed by atoms with Gasteiger partial charge in [-0.2, -0.15) is 0 Å². The van der Waals surface area contributed by atoms with Crippen LogP contribution in [0.1, 0.15) is 69.2 Å². The number of hydrogen-bond donors (Lipinski definition) is 2. The van der Waals surface area contributed by atoms with Crippen molar-refractivity contribution in [2.24, 2.45) is 0 Å². The highest BCUT2D eigenvalue weighted by Gasteiger charge is 2.07. The molecule has 5 nitrogen and oxygen atoms in total. The second-order valence-electron chi connectivity index (χ2n) is 5.54. The number of nitrogens with one attached hydrogen (secondary N) is 2. The number of carbonyl (C=O) groups is 2. The molecule has 23 heavy (non-hydrogen) atoms. The summed E-state index contributed by atoms with van der Waals surface area (Å²) < 4.78 is 5.65. The lowest BCUT2D eigenvalue weighted by molar-refractivity contribution is -0.121. The number of ether oxygens (including phenoxy) is 1. The molecule has 128 valence electrons. The third kappa shape index (κ3) is 8.24. The first-order valence-corrected chi connectivity index (χ1v) is 8.49. The molecule has 2 N–H and O–H groups in total. The van der Waals surface area contributed by atoms with Crippen LogP contribution in [0.5, 0.6) is 5.75 Å². The molecule has 0 saturated carbocycles. The van der Waals surface area contributed by atoms with Crippen LogP contribution in [0.3, 0.4) is 0 Å². The summed E-state index contributed by atoms with van der Waals surface area (Å²) in [6, 6.07) is 6.92. The maximum Gasteiger partial charge on any atom is 0.269 e. The third-order valence-electron chi connectivity index (χ3n) is 3.43. The molecule has 1 aromatic rings. The van der Waals surface area contributed by atoms with Crippen LogP contribution in [0, 0.1) is 0 Å². The van der Waals surface area contributed by atoms with E-state index in [1.807, 2.05) is 6.92 Å². The first-order valence-electron chi connectivity index (χ1n) is 8.49. The lowest BCUT2D eigenvalue weighted by Gasteiger charge is -2.08. The zero-order chi connectivity index (χ0) is 16.9. The summed E-state index contributed by atoms with van der Waals surface area (Å²) in [4.78, 5) is 23.2. The molecule has 0 heterocycles. The van der Waals surface area contributed by atoms with Crippen LogP contribution in [0.15, 0.2) is 24.3 Å². The average molecular weight is 320 g/mol. The molecule has 0 aliphatic rings. The number of rotatable bonds is 10. The lowest BCUT2D eigenvalue weighted by Crippen LogP contribution is -2.41. The van der Waals surface area contributed by atoms with Crippen LogP contribution >= 0.6 is 0 Å². The summed E-state index contributed by atoms with van der Waals surface area (Å²) in [5.74, 6) is 0.233. The normalized spacial score (nSPS) is 10.2. The maximum absolute atomic E-state index is 11.9. The van der Waals surface area contributed by atoms with Crippen molar-refractivity contribution < 1.29 is 14.3 Å². The van der Waals surface area contributed by atoms with Gasteiger partial charge in [-0.3, -0.25) is 20.4 Å². The Morgan fingerprint density at radius 3 is 2.26 bits per heavy atom. The number of benzene rings is 1. The van der Waals surface area contributed by atoms with Crippen molar-refractivity contribution in [2.75, 3.05) is 6.61 Å². The Bertz CT molecular complexity index is 472. The zero-order valence-corrected chi connectivity index (χ0v) is 14.2. The van der Waals surface area contributed by atoms with Crippen molar-refractivity contribution in [2.45, 2.75) is 58.8 Å². The van der Waals surface area contributed by atoms with Crippen molar-refractivity contribution >= 4 is 11.8 Å². The summed E-state index contributed by atoms with van der Waals surface area (Å²) in [5, 5.41) is 0. The number of hydrogen-bond acceptors (Lipinski definition) is 3. The van der Waals surface area contributed by atoms with Gasteiger partial charge in [0.05, 0.1) is 6.61 Å². The summed E-state index contributed by atoms with van der Waals surface area (Å²) in [6.45, 7) is 4.80. The molecule has 0 bridgehead atoms. The van der Waals surface area contributed by atoms with Crippen LogP contribution < -0.4 is 15.6 Å². The molecule has 0 aromatic heterocycles. The van der Waals surface area contributed by atoms with E-state index in [4.69, 9.17) is 4.74 Å². The molecule has 0 atom stereocenters. The fraction of sp³-hybridized carbons (Fsp3) is 0.556. The topological polar surface area (TPSA) is 67.4 Å². The molecule has 0 aliphatic carbocycles. The summed E-state index contributed by atoms with van der Waals surface area (Å²) >= 11 is 0. The van der Waals surface area contributed by atoms with E-state index in [0.29, 0.717) is 18.6 Å². The van der Waals surface area contributed by atoms with Crippen molar-refractivity contribution in [3.8, 4) is 5.75 Å². The smallest absolute Gasteiger partial charge is 0.269 e. The Hall–Kier alpha value is -2.04. The molecular formula is C18H28N2O3.